The smallest absolute Gasteiger partial charge is 0.343 e. The zero-order valence-corrected chi connectivity index (χ0v) is 17.8. The van der Waals surface area contributed by atoms with Crippen LogP contribution in [0.3, 0.4) is 0 Å². The number of rotatable bonds is 6. The van der Waals surface area contributed by atoms with Crippen molar-refractivity contribution in [2.75, 3.05) is 25.5 Å². The average Bonchev–Trinajstić information content (AvgIpc) is 2.68. The Morgan fingerprint density at radius 2 is 1.71 bits per heavy atom. The predicted octanol–water partition coefficient (Wildman–Crippen LogP) is 3.80. The van der Waals surface area contributed by atoms with E-state index in [1.54, 1.807) is 18.2 Å². The van der Waals surface area contributed by atoms with Crippen LogP contribution >= 0.6 is 11.6 Å². The molecule has 0 aliphatic heterocycles. The summed E-state index contributed by atoms with van der Waals surface area (Å²) in [5.41, 5.74) is 1.18. The van der Waals surface area contributed by atoms with E-state index in [0.29, 0.717) is 11.6 Å². The maximum atomic E-state index is 12.9. The van der Waals surface area contributed by atoms with Gasteiger partial charge < -0.3 is 15.5 Å². The van der Waals surface area contributed by atoms with Crippen molar-refractivity contribution in [2.45, 2.75) is 20.0 Å². The first-order chi connectivity index (χ1) is 14.4. The standard InChI is InChI=1S/C21H21ClF3N3O3/c1-12-4-5-14(8-13(12)2)20(31)26-10-19(30)28(3)11-18(29)27-15-6-7-17(22)16(9-15)21(23,24)25/h4-9H,10-11H2,1-3H3,(H,26,31)(H,27,29). The van der Waals surface area contributed by atoms with E-state index in [4.69, 9.17) is 11.6 Å². The normalized spacial score (nSPS) is 11.1. The van der Waals surface area contributed by atoms with E-state index >= 15 is 0 Å². The van der Waals surface area contributed by atoms with Gasteiger partial charge in [0.1, 0.15) is 0 Å². The first kappa shape index (κ1) is 24.2. The minimum absolute atomic E-state index is 0.106. The molecule has 0 atom stereocenters. The summed E-state index contributed by atoms with van der Waals surface area (Å²) >= 11 is 5.54. The summed E-state index contributed by atoms with van der Waals surface area (Å²) in [6.07, 6.45) is -4.67. The molecule has 166 valence electrons. The molecule has 0 spiro atoms. The number of anilines is 1. The van der Waals surface area contributed by atoms with E-state index < -0.39 is 41.0 Å². The molecule has 2 aromatic carbocycles. The molecule has 0 aliphatic rings. The van der Waals surface area contributed by atoms with Crippen LogP contribution in [0.25, 0.3) is 0 Å². The molecule has 0 aliphatic carbocycles. The molecule has 6 nitrogen and oxygen atoms in total. The predicted molar refractivity (Wildman–Crippen MR) is 111 cm³/mol. The Labute approximate surface area is 182 Å². The Balaban J connectivity index is 1.90. The van der Waals surface area contributed by atoms with E-state index in [9.17, 15) is 27.6 Å². The van der Waals surface area contributed by atoms with Crippen molar-refractivity contribution in [2.24, 2.45) is 0 Å². The molecule has 0 fully saturated rings. The van der Waals surface area contributed by atoms with Crippen LogP contribution in [0.4, 0.5) is 18.9 Å². The number of alkyl halides is 3. The maximum absolute atomic E-state index is 12.9. The quantitative estimate of drug-likeness (QED) is 0.695. The lowest BCUT2D eigenvalue weighted by molar-refractivity contribution is -0.137. The number of nitrogens with one attached hydrogen (secondary N) is 2. The second-order valence-electron chi connectivity index (χ2n) is 6.97. The second kappa shape index (κ2) is 9.82. The lowest BCUT2D eigenvalue weighted by Crippen LogP contribution is -2.41. The number of hydrogen-bond donors (Lipinski definition) is 2. The third-order valence-electron chi connectivity index (χ3n) is 4.53. The minimum atomic E-state index is -4.67. The number of amides is 3. The number of aryl methyl sites for hydroxylation is 2. The molecule has 0 unspecified atom stereocenters. The van der Waals surface area contributed by atoms with Crippen LogP contribution in [-0.4, -0.2) is 42.8 Å². The highest BCUT2D eigenvalue weighted by Gasteiger charge is 2.33. The van der Waals surface area contributed by atoms with Crippen LogP contribution in [0.2, 0.25) is 5.02 Å². The van der Waals surface area contributed by atoms with Crippen molar-refractivity contribution in [3.05, 3.63) is 63.7 Å². The van der Waals surface area contributed by atoms with Crippen molar-refractivity contribution < 1.29 is 27.6 Å². The Bertz CT molecular complexity index is 1010. The molecule has 2 rings (SSSR count). The highest BCUT2D eigenvalue weighted by molar-refractivity contribution is 6.31. The summed E-state index contributed by atoms with van der Waals surface area (Å²) in [4.78, 5) is 37.5. The topological polar surface area (TPSA) is 78.5 Å². The molecule has 2 aromatic rings. The van der Waals surface area contributed by atoms with Gasteiger partial charge in [-0.2, -0.15) is 13.2 Å². The van der Waals surface area contributed by atoms with Crippen LogP contribution in [0.15, 0.2) is 36.4 Å². The molecular weight excluding hydrogens is 435 g/mol. The summed E-state index contributed by atoms with van der Waals surface area (Å²) in [5, 5.41) is 4.28. The van der Waals surface area contributed by atoms with Crippen LogP contribution in [0.5, 0.6) is 0 Å². The van der Waals surface area contributed by atoms with Gasteiger partial charge in [0.15, 0.2) is 0 Å². The average molecular weight is 456 g/mol. The van der Waals surface area contributed by atoms with Crippen molar-refractivity contribution in [1.29, 1.82) is 0 Å². The third-order valence-corrected chi connectivity index (χ3v) is 4.86. The fraction of sp³-hybridized carbons (Fsp3) is 0.286. The van der Waals surface area contributed by atoms with Crippen molar-refractivity contribution >= 4 is 35.0 Å². The highest BCUT2D eigenvalue weighted by atomic mass is 35.5. The Morgan fingerprint density at radius 1 is 1.03 bits per heavy atom. The van der Waals surface area contributed by atoms with Crippen molar-refractivity contribution in [3.63, 3.8) is 0 Å². The molecular formula is C21H21ClF3N3O3. The van der Waals surface area contributed by atoms with Gasteiger partial charge in [-0.05, 0) is 55.3 Å². The Kier molecular flexibility index (Phi) is 7.67. The molecule has 0 saturated heterocycles. The summed E-state index contributed by atoms with van der Waals surface area (Å²) in [6.45, 7) is 3.02. The largest absolute Gasteiger partial charge is 0.417 e. The molecule has 3 amide bonds. The molecule has 2 N–H and O–H groups in total. The van der Waals surface area contributed by atoms with E-state index in [1.807, 2.05) is 13.8 Å². The molecule has 0 radical (unpaired) electrons. The molecule has 0 saturated carbocycles. The summed E-state index contributed by atoms with van der Waals surface area (Å²) in [6, 6.07) is 8.10. The number of carbonyl (C=O) groups is 3. The zero-order chi connectivity index (χ0) is 23.3. The number of halogens is 4. The number of nitrogens with zero attached hydrogens (tertiary/aromatic N) is 1. The second-order valence-corrected chi connectivity index (χ2v) is 7.38. The zero-order valence-electron chi connectivity index (χ0n) is 17.1. The van der Waals surface area contributed by atoms with E-state index in [2.05, 4.69) is 10.6 Å². The third kappa shape index (κ3) is 6.71. The lowest BCUT2D eigenvalue weighted by Gasteiger charge is -2.18. The summed E-state index contributed by atoms with van der Waals surface area (Å²) < 4.78 is 38.7. The fourth-order valence-electron chi connectivity index (χ4n) is 2.60. The van der Waals surface area contributed by atoms with Gasteiger partial charge in [0.2, 0.25) is 11.8 Å². The van der Waals surface area contributed by atoms with Gasteiger partial charge in [-0.3, -0.25) is 14.4 Å². The fourth-order valence-corrected chi connectivity index (χ4v) is 2.82. The minimum Gasteiger partial charge on any atom is -0.343 e. The monoisotopic (exact) mass is 455 g/mol. The van der Waals surface area contributed by atoms with E-state index in [1.165, 1.54) is 13.1 Å². The summed E-state index contributed by atoms with van der Waals surface area (Å²) in [5.74, 6) is -1.68. The Morgan fingerprint density at radius 3 is 2.32 bits per heavy atom. The van der Waals surface area contributed by atoms with Crippen LogP contribution < -0.4 is 10.6 Å². The van der Waals surface area contributed by atoms with Gasteiger partial charge in [-0.25, -0.2) is 0 Å². The number of hydrogen-bond acceptors (Lipinski definition) is 3. The van der Waals surface area contributed by atoms with E-state index in [0.717, 1.165) is 22.1 Å². The van der Waals surface area contributed by atoms with Gasteiger partial charge in [0.25, 0.3) is 5.91 Å². The van der Waals surface area contributed by atoms with E-state index in [-0.39, 0.29) is 12.2 Å². The number of carbonyl (C=O) groups excluding carboxylic acids is 3. The Hall–Kier alpha value is -3.07. The van der Waals surface area contributed by atoms with Gasteiger partial charge in [0.05, 0.1) is 23.7 Å². The molecule has 31 heavy (non-hydrogen) atoms. The first-order valence-corrected chi connectivity index (χ1v) is 9.52. The molecule has 0 heterocycles. The molecule has 0 aromatic heterocycles. The SMILES string of the molecule is Cc1ccc(C(=O)NCC(=O)N(C)CC(=O)Nc2ccc(Cl)c(C(F)(F)F)c2)cc1C. The highest BCUT2D eigenvalue weighted by Crippen LogP contribution is 2.36. The number of likely N-dealkylation sites (N-methyl/N-ethyl adjacent to an activating group) is 1. The maximum Gasteiger partial charge on any atom is 0.417 e. The molecule has 0 bridgehead atoms. The lowest BCUT2D eigenvalue weighted by atomic mass is 10.1. The number of benzene rings is 2. The summed E-state index contributed by atoms with van der Waals surface area (Å²) in [7, 11) is 1.34. The van der Waals surface area contributed by atoms with Crippen LogP contribution in [0.1, 0.15) is 27.0 Å². The van der Waals surface area contributed by atoms with Gasteiger partial charge in [-0.1, -0.05) is 17.7 Å². The van der Waals surface area contributed by atoms with Crippen LogP contribution in [0, 0.1) is 13.8 Å². The van der Waals surface area contributed by atoms with Crippen molar-refractivity contribution in [1.82, 2.24) is 10.2 Å². The first-order valence-electron chi connectivity index (χ1n) is 9.14. The van der Waals surface area contributed by atoms with Crippen molar-refractivity contribution in [3.8, 4) is 0 Å². The van der Waals surface area contributed by atoms with Gasteiger partial charge in [-0.15, -0.1) is 0 Å². The van der Waals surface area contributed by atoms with Gasteiger partial charge in [0, 0.05) is 18.3 Å². The van der Waals surface area contributed by atoms with Gasteiger partial charge >= 0.3 is 6.18 Å². The van der Waals surface area contributed by atoms with Crippen LogP contribution in [-0.2, 0) is 15.8 Å². The molecule has 10 heteroatoms.